The number of rotatable bonds is 2. The average molecular weight is 295 g/mol. The molecule has 0 aliphatic carbocycles. The Labute approximate surface area is 125 Å². The molecule has 0 spiro atoms. The van der Waals surface area contributed by atoms with Crippen molar-refractivity contribution < 1.29 is 14.4 Å². The van der Waals surface area contributed by atoms with Crippen molar-refractivity contribution in [2.24, 2.45) is 5.92 Å². The summed E-state index contributed by atoms with van der Waals surface area (Å²) in [7, 11) is 0. The van der Waals surface area contributed by atoms with Crippen molar-refractivity contribution in [1.82, 2.24) is 10.1 Å². The van der Waals surface area contributed by atoms with Gasteiger partial charge in [-0.2, -0.15) is 0 Å². The summed E-state index contributed by atoms with van der Waals surface area (Å²) in [5.41, 5.74) is -0.133. The lowest BCUT2D eigenvalue weighted by Crippen LogP contribution is -2.42. The van der Waals surface area contributed by atoms with Gasteiger partial charge in [-0.25, -0.2) is 4.79 Å². The average Bonchev–Trinajstić information content (AvgIpc) is 2.87. The van der Waals surface area contributed by atoms with Crippen LogP contribution in [0, 0.1) is 5.92 Å². The lowest BCUT2D eigenvalue weighted by molar-refractivity contribution is 0.0820. The van der Waals surface area contributed by atoms with E-state index in [2.05, 4.69) is 10.5 Å². The number of aromatic nitrogens is 1. The largest absolute Gasteiger partial charge is 0.393 e. The molecular weight excluding hydrogens is 270 g/mol. The van der Waals surface area contributed by atoms with E-state index in [0.717, 1.165) is 18.6 Å². The fourth-order valence-electron chi connectivity index (χ4n) is 2.46. The first-order valence-electron chi connectivity index (χ1n) is 7.48. The summed E-state index contributed by atoms with van der Waals surface area (Å²) < 4.78 is 5.25. The smallest absolute Gasteiger partial charge is 0.323 e. The number of urea groups is 1. The highest BCUT2D eigenvalue weighted by molar-refractivity contribution is 5.88. The zero-order valence-electron chi connectivity index (χ0n) is 13.2. The van der Waals surface area contributed by atoms with Gasteiger partial charge in [0.05, 0.1) is 6.10 Å². The van der Waals surface area contributed by atoms with Crippen molar-refractivity contribution in [3.63, 3.8) is 0 Å². The summed E-state index contributed by atoms with van der Waals surface area (Å²) in [6, 6.07) is 1.60. The number of piperidine rings is 1. The molecule has 6 nitrogen and oxygen atoms in total. The van der Waals surface area contributed by atoms with E-state index >= 15 is 0 Å². The molecular formula is C15H25N3O3. The van der Waals surface area contributed by atoms with Gasteiger partial charge in [-0.05, 0) is 25.7 Å². The molecule has 1 unspecified atom stereocenters. The van der Waals surface area contributed by atoms with Crippen molar-refractivity contribution in [3.05, 3.63) is 11.8 Å². The van der Waals surface area contributed by atoms with Crippen molar-refractivity contribution in [3.8, 4) is 0 Å². The summed E-state index contributed by atoms with van der Waals surface area (Å²) >= 11 is 0. The Balaban J connectivity index is 1.89. The monoisotopic (exact) mass is 295 g/mol. The maximum atomic E-state index is 12.2. The molecule has 1 aromatic heterocycles. The second kappa shape index (κ2) is 6.05. The lowest BCUT2D eigenvalue weighted by atomic mass is 9.92. The Morgan fingerprint density at radius 2 is 2.10 bits per heavy atom. The second-order valence-electron chi connectivity index (χ2n) is 6.82. The lowest BCUT2D eigenvalue weighted by Gasteiger charge is -2.32. The second-order valence-corrected chi connectivity index (χ2v) is 6.82. The van der Waals surface area contributed by atoms with Crippen LogP contribution < -0.4 is 5.32 Å². The molecule has 0 radical (unpaired) electrons. The number of likely N-dealkylation sites (tertiary alicyclic amines) is 1. The Hall–Kier alpha value is -1.56. The predicted octanol–water partition coefficient (Wildman–Crippen LogP) is 2.60. The van der Waals surface area contributed by atoms with Crippen LogP contribution in [-0.4, -0.2) is 40.4 Å². The highest BCUT2D eigenvalue weighted by Gasteiger charge is 2.26. The number of amides is 2. The maximum absolute atomic E-state index is 12.2. The molecule has 1 aliphatic heterocycles. The molecule has 0 bridgehead atoms. The standard InChI is InChI=1S/C15H25N3O3/c1-10(19)11-5-7-18(8-6-11)14(20)16-13-9-12(21-17-13)15(2,3)4/h9-11,19H,5-8H2,1-4H3,(H,16,17,20). The van der Waals surface area contributed by atoms with Gasteiger partial charge in [-0.1, -0.05) is 25.9 Å². The first-order chi connectivity index (χ1) is 9.77. The van der Waals surface area contributed by atoms with Crippen LogP contribution in [-0.2, 0) is 5.41 Å². The first kappa shape index (κ1) is 15.8. The predicted molar refractivity (Wildman–Crippen MR) is 80.2 cm³/mol. The highest BCUT2D eigenvalue weighted by atomic mass is 16.5. The molecule has 0 saturated carbocycles. The third-order valence-electron chi connectivity index (χ3n) is 3.99. The molecule has 1 atom stereocenters. The van der Waals surface area contributed by atoms with Crippen LogP contribution in [0.3, 0.4) is 0 Å². The molecule has 2 amide bonds. The Bertz CT molecular complexity index is 483. The van der Waals surface area contributed by atoms with E-state index in [4.69, 9.17) is 4.52 Å². The van der Waals surface area contributed by atoms with E-state index in [1.54, 1.807) is 11.0 Å². The number of aliphatic hydroxyl groups excluding tert-OH is 1. The van der Waals surface area contributed by atoms with Crippen molar-refractivity contribution in [2.45, 2.75) is 52.1 Å². The minimum atomic E-state index is -0.305. The van der Waals surface area contributed by atoms with Gasteiger partial charge in [0.15, 0.2) is 5.82 Å². The molecule has 2 rings (SSSR count). The molecule has 1 saturated heterocycles. The minimum absolute atomic E-state index is 0.133. The van der Waals surface area contributed by atoms with Crippen LogP contribution in [0.4, 0.5) is 10.6 Å². The number of hydrogen-bond acceptors (Lipinski definition) is 4. The zero-order chi connectivity index (χ0) is 15.6. The van der Waals surface area contributed by atoms with Crippen LogP contribution in [0.2, 0.25) is 0 Å². The van der Waals surface area contributed by atoms with Crippen LogP contribution in [0.1, 0.15) is 46.3 Å². The van der Waals surface area contributed by atoms with Gasteiger partial charge < -0.3 is 14.5 Å². The SMILES string of the molecule is CC(O)C1CCN(C(=O)Nc2cc(C(C)(C)C)on2)CC1. The number of anilines is 1. The Morgan fingerprint density at radius 1 is 1.48 bits per heavy atom. The third kappa shape index (κ3) is 3.97. The Morgan fingerprint density at radius 3 is 2.57 bits per heavy atom. The number of carbonyl (C=O) groups excluding carboxylic acids is 1. The topological polar surface area (TPSA) is 78.6 Å². The van der Waals surface area contributed by atoms with E-state index in [-0.39, 0.29) is 23.5 Å². The highest BCUT2D eigenvalue weighted by Crippen LogP contribution is 2.25. The van der Waals surface area contributed by atoms with Gasteiger partial charge >= 0.3 is 6.03 Å². The molecule has 2 N–H and O–H groups in total. The van der Waals surface area contributed by atoms with Gasteiger partial charge in [0.1, 0.15) is 5.76 Å². The van der Waals surface area contributed by atoms with E-state index < -0.39 is 0 Å². The molecule has 1 fully saturated rings. The van der Waals surface area contributed by atoms with Crippen LogP contribution in [0.15, 0.2) is 10.6 Å². The molecule has 6 heteroatoms. The summed E-state index contributed by atoms with van der Waals surface area (Å²) in [5, 5.41) is 16.2. The van der Waals surface area contributed by atoms with E-state index in [1.165, 1.54) is 0 Å². The first-order valence-corrected chi connectivity index (χ1v) is 7.48. The van der Waals surface area contributed by atoms with E-state index in [0.29, 0.717) is 18.9 Å². The molecule has 21 heavy (non-hydrogen) atoms. The van der Waals surface area contributed by atoms with Gasteiger partial charge in [0.2, 0.25) is 0 Å². The van der Waals surface area contributed by atoms with Crippen molar-refractivity contribution >= 4 is 11.8 Å². The summed E-state index contributed by atoms with van der Waals surface area (Å²) in [4.78, 5) is 13.9. The zero-order valence-corrected chi connectivity index (χ0v) is 13.2. The molecule has 1 aromatic rings. The molecule has 1 aliphatic rings. The van der Waals surface area contributed by atoms with Crippen LogP contribution in [0.5, 0.6) is 0 Å². The number of nitrogens with zero attached hydrogens (tertiary/aromatic N) is 2. The quantitative estimate of drug-likeness (QED) is 0.879. The number of aliphatic hydroxyl groups is 1. The Kier molecular flexibility index (Phi) is 4.56. The van der Waals surface area contributed by atoms with Crippen molar-refractivity contribution in [2.75, 3.05) is 18.4 Å². The van der Waals surface area contributed by atoms with Crippen molar-refractivity contribution in [1.29, 1.82) is 0 Å². The summed E-state index contributed by atoms with van der Waals surface area (Å²) in [5.74, 6) is 1.47. The summed E-state index contributed by atoms with van der Waals surface area (Å²) in [6.45, 7) is 9.21. The van der Waals surface area contributed by atoms with E-state index in [9.17, 15) is 9.90 Å². The van der Waals surface area contributed by atoms with Gasteiger partial charge in [0.25, 0.3) is 0 Å². The number of hydrogen-bond donors (Lipinski definition) is 2. The maximum Gasteiger partial charge on any atom is 0.323 e. The van der Waals surface area contributed by atoms with Gasteiger partial charge in [-0.15, -0.1) is 0 Å². The third-order valence-corrected chi connectivity index (χ3v) is 3.99. The van der Waals surface area contributed by atoms with E-state index in [1.807, 2.05) is 27.7 Å². The summed E-state index contributed by atoms with van der Waals surface area (Å²) in [6.07, 6.45) is 1.36. The van der Waals surface area contributed by atoms with Crippen LogP contribution in [0.25, 0.3) is 0 Å². The molecule has 118 valence electrons. The number of carbonyl (C=O) groups is 1. The normalized spacial score (nSPS) is 18.6. The molecule has 0 aromatic carbocycles. The minimum Gasteiger partial charge on any atom is -0.393 e. The van der Waals surface area contributed by atoms with Crippen LogP contribution >= 0.6 is 0 Å². The molecule has 2 heterocycles. The van der Waals surface area contributed by atoms with Gasteiger partial charge in [0, 0.05) is 24.6 Å². The fourth-order valence-corrected chi connectivity index (χ4v) is 2.46. The van der Waals surface area contributed by atoms with Gasteiger partial charge in [-0.3, -0.25) is 5.32 Å². The fraction of sp³-hybridized carbons (Fsp3) is 0.733. The number of nitrogens with one attached hydrogen (secondary N) is 1.